The first-order chi connectivity index (χ1) is 12.0. The van der Waals surface area contributed by atoms with Crippen LogP contribution in [-0.4, -0.2) is 33.8 Å². The third-order valence-corrected chi connectivity index (χ3v) is 11.5. The monoisotopic (exact) mass is 380 g/mol. The van der Waals surface area contributed by atoms with Gasteiger partial charge in [-0.25, -0.2) is 0 Å². The van der Waals surface area contributed by atoms with Crippen molar-refractivity contribution in [1.29, 1.82) is 0 Å². The molecule has 2 bridgehead atoms. The second-order valence-electron chi connectivity index (χ2n) is 9.68. The molecule has 3 atom stereocenters. The number of fused-ring (bicyclic) bond motifs is 2. The van der Waals surface area contributed by atoms with Crippen molar-refractivity contribution in [2.45, 2.75) is 77.4 Å². The molecule has 2 fully saturated rings. The van der Waals surface area contributed by atoms with Crippen molar-refractivity contribution >= 4 is 20.1 Å². The van der Waals surface area contributed by atoms with Gasteiger partial charge in [0.2, 0.25) is 0 Å². The average Bonchev–Trinajstić information content (AvgIpc) is 2.53. The summed E-state index contributed by atoms with van der Waals surface area (Å²) < 4.78 is 11.4. The first kappa shape index (κ1) is 21.4. The largest absolute Gasteiger partial charge is 0.468 e. The summed E-state index contributed by atoms with van der Waals surface area (Å²) in [5.41, 5.74) is 0.0199. The Labute approximate surface area is 159 Å². The number of esters is 1. The number of allylic oxidation sites excluding steroid dienone is 1. The highest BCUT2D eigenvalue weighted by molar-refractivity contribution is 6.74. The van der Waals surface area contributed by atoms with Crippen LogP contribution in [0.3, 0.4) is 0 Å². The summed E-state index contributed by atoms with van der Waals surface area (Å²) in [6, 6.07) is 0. The molecule has 2 aliphatic rings. The maximum atomic E-state index is 13.0. The van der Waals surface area contributed by atoms with Crippen LogP contribution in [-0.2, 0) is 18.8 Å². The van der Waals surface area contributed by atoms with Crippen LogP contribution >= 0.6 is 0 Å². The van der Waals surface area contributed by atoms with Gasteiger partial charge in [0.25, 0.3) is 0 Å². The Hall–Kier alpha value is -0.943. The van der Waals surface area contributed by atoms with Crippen molar-refractivity contribution in [3.63, 3.8) is 0 Å². The molecule has 148 valence electrons. The van der Waals surface area contributed by atoms with Gasteiger partial charge in [-0.05, 0) is 62.6 Å². The number of ether oxygens (including phenoxy) is 1. The first-order valence-electron chi connectivity index (χ1n) is 9.89. The lowest BCUT2D eigenvalue weighted by molar-refractivity contribution is -0.169. The van der Waals surface area contributed by atoms with Gasteiger partial charge in [-0.1, -0.05) is 32.9 Å². The number of carbonyl (C=O) groups excluding carboxylic acids is 2. The zero-order chi connectivity index (χ0) is 19.8. The number of hydrogen-bond acceptors (Lipinski definition) is 4. The highest BCUT2D eigenvalue weighted by Crippen LogP contribution is 2.53. The normalized spacial score (nSPS) is 29.6. The smallest absolute Gasteiger partial charge is 0.319 e. The summed E-state index contributed by atoms with van der Waals surface area (Å²) in [7, 11) is -0.370. The Morgan fingerprint density at radius 3 is 2.54 bits per heavy atom. The minimum absolute atomic E-state index is 0.0405. The van der Waals surface area contributed by atoms with E-state index in [1.165, 1.54) is 7.11 Å². The van der Waals surface area contributed by atoms with Crippen molar-refractivity contribution < 1.29 is 18.8 Å². The van der Waals surface area contributed by atoms with Crippen molar-refractivity contribution in [3.8, 4) is 0 Å². The molecule has 0 amide bonds. The van der Waals surface area contributed by atoms with Crippen molar-refractivity contribution in [2.24, 2.45) is 17.3 Å². The zero-order valence-corrected chi connectivity index (χ0v) is 18.4. The fourth-order valence-electron chi connectivity index (χ4n) is 4.37. The van der Waals surface area contributed by atoms with Crippen molar-refractivity contribution in [2.75, 3.05) is 13.7 Å². The number of rotatable bonds is 6. The Morgan fingerprint density at radius 2 is 1.96 bits per heavy atom. The van der Waals surface area contributed by atoms with Gasteiger partial charge in [0, 0.05) is 12.5 Å². The molecule has 2 aliphatic carbocycles. The summed E-state index contributed by atoms with van der Waals surface area (Å²) in [4.78, 5) is 25.7. The Morgan fingerprint density at radius 1 is 1.31 bits per heavy atom. The maximum absolute atomic E-state index is 13.0. The fourth-order valence-corrected chi connectivity index (χ4v) is 5.46. The van der Waals surface area contributed by atoms with E-state index in [0.717, 1.165) is 37.7 Å². The molecule has 0 spiro atoms. The molecule has 0 saturated heterocycles. The van der Waals surface area contributed by atoms with E-state index in [1.807, 2.05) is 0 Å². The standard InChI is InChI=1S/C21H36O4Si/c1-15-13-16-10-11-17(21(14-15,18(16)22)19(23)24-5)9-8-12-25-26(6,7)20(2,3)4/h16-17H,1,8-14H2,2-7H3/t16-,17-,21+/m1/s1. The molecule has 0 unspecified atom stereocenters. The quantitative estimate of drug-likeness (QED) is 0.216. The number of methoxy groups -OCH3 is 1. The van der Waals surface area contributed by atoms with Gasteiger partial charge in [-0.15, -0.1) is 0 Å². The van der Waals surface area contributed by atoms with Gasteiger partial charge >= 0.3 is 5.97 Å². The van der Waals surface area contributed by atoms with E-state index in [1.54, 1.807) is 0 Å². The summed E-state index contributed by atoms with van der Waals surface area (Å²) in [5, 5.41) is 0.190. The van der Waals surface area contributed by atoms with Gasteiger partial charge in [0.15, 0.2) is 14.1 Å². The SMILES string of the molecule is C=C1C[C@H]2CC[C@@H](CCCO[Si](C)(C)C(C)(C)C)[C@@](C(=O)OC)(C1)C2=O. The first-order valence-corrected chi connectivity index (χ1v) is 12.8. The minimum Gasteiger partial charge on any atom is -0.468 e. The summed E-state index contributed by atoms with van der Waals surface area (Å²) in [6.07, 6.45) is 4.68. The van der Waals surface area contributed by atoms with E-state index >= 15 is 0 Å². The topological polar surface area (TPSA) is 52.6 Å². The van der Waals surface area contributed by atoms with Crippen LogP contribution in [0.25, 0.3) is 0 Å². The Bertz CT molecular complexity index is 575. The van der Waals surface area contributed by atoms with Gasteiger partial charge in [-0.2, -0.15) is 0 Å². The molecule has 2 rings (SSSR count). The average molecular weight is 381 g/mol. The number of ketones is 1. The molecule has 0 aliphatic heterocycles. The Balaban J connectivity index is 2.07. The third-order valence-electron chi connectivity index (χ3n) is 6.95. The highest BCUT2D eigenvalue weighted by atomic mass is 28.4. The van der Waals surface area contributed by atoms with Crippen molar-refractivity contribution in [3.05, 3.63) is 12.2 Å². The lowest BCUT2D eigenvalue weighted by Crippen LogP contribution is -2.55. The zero-order valence-electron chi connectivity index (χ0n) is 17.4. The lowest BCUT2D eigenvalue weighted by atomic mass is 9.54. The number of hydrogen-bond donors (Lipinski definition) is 0. The van der Waals surface area contributed by atoms with Gasteiger partial charge in [0.05, 0.1) is 7.11 Å². The summed E-state index contributed by atoms with van der Waals surface area (Å²) in [6.45, 7) is 16.0. The lowest BCUT2D eigenvalue weighted by Gasteiger charge is -2.47. The van der Waals surface area contributed by atoms with Crippen molar-refractivity contribution in [1.82, 2.24) is 0 Å². The second-order valence-corrected chi connectivity index (χ2v) is 14.5. The predicted octanol–water partition coefficient (Wildman–Crippen LogP) is 4.89. The molecule has 26 heavy (non-hydrogen) atoms. The number of Topliss-reactive ketones (excluding diaryl/α,β-unsaturated/α-hetero) is 1. The van der Waals surface area contributed by atoms with E-state index in [9.17, 15) is 9.59 Å². The molecule has 0 aromatic carbocycles. The van der Waals surface area contributed by atoms with Crippen LogP contribution in [0.15, 0.2) is 12.2 Å². The van der Waals surface area contributed by atoms with Gasteiger partial charge in [-0.3, -0.25) is 9.59 Å². The fraction of sp³-hybridized carbons (Fsp3) is 0.810. The summed E-state index contributed by atoms with van der Waals surface area (Å²) in [5.74, 6) is -0.268. The van der Waals surface area contributed by atoms with Gasteiger partial charge < -0.3 is 9.16 Å². The van der Waals surface area contributed by atoms with Crippen LogP contribution in [0, 0.1) is 17.3 Å². The molecule has 0 aromatic rings. The molecular formula is C21H36O4Si. The van der Waals surface area contributed by atoms with Crippen LogP contribution in [0.5, 0.6) is 0 Å². The number of carbonyl (C=O) groups is 2. The van der Waals surface area contributed by atoms with E-state index in [-0.39, 0.29) is 28.6 Å². The molecule has 0 radical (unpaired) electrons. The molecule has 2 saturated carbocycles. The molecule has 4 nitrogen and oxygen atoms in total. The van der Waals surface area contributed by atoms with E-state index in [4.69, 9.17) is 9.16 Å². The van der Waals surface area contributed by atoms with Crippen LogP contribution in [0.4, 0.5) is 0 Å². The maximum Gasteiger partial charge on any atom is 0.319 e. The third kappa shape index (κ3) is 3.84. The van der Waals surface area contributed by atoms with Crippen LogP contribution in [0.2, 0.25) is 18.1 Å². The summed E-state index contributed by atoms with van der Waals surface area (Å²) >= 11 is 0. The van der Waals surface area contributed by atoms with Gasteiger partial charge in [0.1, 0.15) is 5.41 Å². The molecule has 0 heterocycles. The molecule has 0 N–H and O–H groups in total. The minimum atomic E-state index is -1.76. The molecular weight excluding hydrogens is 344 g/mol. The molecule has 5 heteroatoms. The van der Waals surface area contributed by atoms with Crippen LogP contribution < -0.4 is 0 Å². The molecule has 0 aromatic heterocycles. The van der Waals surface area contributed by atoms with Crippen LogP contribution in [0.1, 0.15) is 59.3 Å². The van der Waals surface area contributed by atoms with E-state index in [0.29, 0.717) is 13.0 Å². The Kier molecular flexibility index (Phi) is 6.23. The predicted molar refractivity (Wildman–Crippen MR) is 106 cm³/mol. The van der Waals surface area contributed by atoms with E-state index in [2.05, 4.69) is 40.4 Å². The van der Waals surface area contributed by atoms with E-state index < -0.39 is 13.7 Å². The second kappa shape index (κ2) is 7.59. The highest BCUT2D eigenvalue weighted by Gasteiger charge is 2.59.